The van der Waals surface area contributed by atoms with Crippen molar-refractivity contribution in [2.45, 2.75) is 53.1 Å². The Balaban J connectivity index is 1.73. The third-order valence-corrected chi connectivity index (χ3v) is 5.14. The van der Waals surface area contributed by atoms with Gasteiger partial charge in [-0.15, -0.1) is 0 Å². The van der Waals surface area contributed by atoms with E-state index in [4.69, 9.17) is 9.47 Å². The average Bonchev–Trinajstić information content (AvgIpc) is 2.78. The Morgan fingerprint density at radius 3 is 2.53 bits per heavy atom. The van der Waals surface area contributed by atoms with Crippen LogP contribution in [0.15, 0.2) is 47.5 Å². The molecule has 0 aliphatic carbocycles. The predicted molar refractivity (Wildman–Crippen MR) is 125 cm³/mol. The molecule has 1 atom stereocenters. The highest BCUT2D eigenvalue weighted by Gasteiger charge is 2.15. The quantitative estimate of drug-likeness (QED) is 0.515. The highest BCUT2D eigenvalue weighted by molar-refractivity contribution is 5.81. The minimum atomic E-state index is -0.268. The fourth-order valence-electron chi connectivity index (χ4n) is 3.43. The zero-order chi connectivity index (χ0) is 23.1. The van der Waals surface area contributed by atoms with Gasteiger partial charge in [0.2, 0.25) is 5.91 Å². The lowest BCUT2D eigenvalue weighted by Gasteiger charge is -2.18. The van der Waals surface area contributed by atoms with E-state index in [9.17, 15) is 9.59 Å². The number of amides is 1. The standard InChI is InChI=1S/C25H31N3O4/c1-5-12-31-21-11-10-19(14-22(21)32-13-6-2)18(4)27-23(29)15-28-16-26-24-17(3)8-7-9-20(24)25(28)30/h7-11,14,16,18H,5-6,12-13,15H2,1-4H3,(H,27,29). The van der Waals surface area contributed by atoms with Crippen LogP contribution in [0, 0.1) is 6.92 Å². The molecular weight excluding hydrogens is 406 g/mol. The van der Waals surface area contributed by atoms with E-state index in [1.54, 1.807) is 6.07 Å². The molecule has 0 aliphatic heterocycles. The fraction of sp³-hybridized carbons (Fsp3) is 0.400. The number of aromatic nitrogens is 2. The molecule has 0 fully saturated rings. The first-order valence-electron chi connectivity index (χ1n) is 11.1. The first kappa shape index (κ1) is 23.3. The van der Waals surface area contributed by atoms with Crippen LogP contribution in [0.5, 0.6) is 11.5 Å². The zero-order valence-electron chi connectivity index (χ0n) is 19.2. The van der Waals surface area contributed by atoms with Crippen LogP contribution < -0.4 is 20.3 Å². The Morgan fingerprint density at radius 2 is 1.81 bits per heavy atom. The number of carbonyl (C=O) groups is 1. The number of hydrogen-bond donors (Lipinski definition) is 1. The van der Waals surface area contributed by atoms with Crippen molar-refractivity contribution in [3.63, 3.8) is 0 Å². The number of para-hydroxylation sites is 1. The van der Waals surface area contributed by atoms with Crippen molar-refractivity contribution in [1.29, 1.82) is 0 Å². The van der Waals surface area contributed by atoms with Crippen LogP contribution in [0.3, 0.4) is 0 Å². The molecule has 1 aromatic heterocycles. The Bertz CT molecular complexity index is 1140. The number of aryl methyl sites for hydroxylation is 1. The number of fused-ring (bicyclic) bond motifs is 1. The molecule has 2 aromatic carbocycles. The third-order valence-electron chi connectivity index (χ3n) is 5.14. The molecule has 3 rings (SSSR count). The minimum absolute atomic E-state index is 0.100. The summed E-state index contributed by atoms with van der Waals surface area (Å²) in [5.41, 5.74) is 2.26. The van der Waals surface area contributed by atoms with Crippen molar-refractivity contribution in [3.8, 4) is 11.5 Å². The molecule has 0 saturated heterocycles. The molecule has 170 valence electrons. The number of nitrogens with zero attached hydrogens (tertiary/aromatic N) is 2. The molecule has 1 N–H and O–H groups in total. The lowest BCUT2D eigenvalue weighted by molar-refractivity contribution is -0.122. The van der Waals surface area contributed by atoms with Gasteiger partial charge in [-0.05, 0) is 56.0 Å². The SMILES string of the molecule is CCCOc1ccc(C(C)NC(=O)Cn2cnc3c(C)cccc3c2=O)cc1OCCC. The highest BCUT2D eigenvalue weighted by Crippen LogP contribution is 2.31. The highest BCUT2D eigenvalue weighted by atomic mass is 16.5. The van der Waals surface area contributed by atoms with Gasteiger partial charge >= 0.3 is 0 Å². The molecule has 0 saturated carbocycles. The maximum Gasteiger partial charge on any atom is 0.261 e. The van der Waals surface area contributed by atoms with Crippen LogP contribution in [0.2, 0.25) is 0 Å². The summed E-state index contributed by atoms with van der Waals surface area (Å²) in [6, 6.07) is 10.9. The van der Waals surface area contributed by atoms with Gasteiger partial charge in [0.05, 0.1) is 36.5 Å². The van der Waals surface area contributed by atoms with E-state index in [0.29, 0.717) is 35.6 Å². The molecule has 0 radical (unpaired) electrons. The van der Waals surface area contributed by atoms with Gasteiger partial charge in [-0.2, -0.15) is 0 Å². The second kappa shape index (κ2) is 10.8. The lowest BCUT2D eigenvalue weighted by atomic mass is 10.1. The Hall–Kier alpha value is -3.35. The molecule has 0 bridgehead atoms. The predicted octanol–water partition coefficient (Wildman–Crippen LogP) is 4.16. The molecule has 7 heteroatoms. The molecule has 0 aliphatic rings. The van der Waals surface area contributed by atoms with Crippen LogP contribution in [-0.2, 0) is 11.3 Å². The van der Waals surface area contributed by atoms with E-state index in [1.165, 1.54) is 10.9 Å². The Kier molecular flexibility index (Phi) is 7.87. The smallest absolute Gasteiger partial charge is 0.261 e. The second-order valence-electron chi connectivity index (χ2n) is 7.84. The fourth-order valence-corrected chi connectivity index (χ4v) is 3.43. The first-order chi connectivity index (χ1) is 15.4. The summed E-state index contributed by atoms with van der Waals surface area (Å²) in [4.78, 5) is 29.8. The van der Waals surface area contributed by atoms with Crippen molar-refractivity contribution in [1.82, 2.24) is 14.9 Å². The summed E-state index contributed by atoms with van der Waals surface area (Å²) >= 11 is 0. The summed E-state index contributed by atoms with van der Waals surface area (Å²) in [7, 11) is 0. The summed E-state index contributed by atoms with van der Waals surface area (Å²) in [5, 5.41) is 3.46. The van der Waals surface area contributed by atoms with Crippen LogP contribution >= 0.6 is 0 Å². The number of carbonyl (C=O) groups excluding carboxylic acids is 1. The molecule has 7 nitrogen and oxygen atoms in total. The van der Waals surface area contributed by atoms with Crippen molar-refractivity contribution >= 4 is 16.8 Å². The van der Waals surface area contributed by atoms with Gasteiger partial charge < -0.3 is 14.8 Å². The van der Waals surface area contributed by atoms with Gasteiger partial charge in [0.1, 0.15) is 6.54 Å². The molecule has 1 amide bonds. The Morgan fingerprint density at radius 1 is 1.09 bits per heavy atom. The number of ether oxygens (including phenoxy) is 2. The third kappa shape index (κ3) is 5.46. The largest absolute Gasteiger partial charge is 0.490 e. The number of rotatable bonds is 10. The monoisotopic (exact) mass is 437 g/mol. The molecular formula is C25H31N3O4. The van der Waals surface area contributed by atoms with Crippen LogP contribution in [0.4, 0.5) is 0 Å². The van der Waals surface area contributed by atoms with E-state index in [2.05, 4.69) is 17.2 Å². The van der Waals surface area contributed by atoms with E-state index >= 15 is 0 Å². The Labute approximate surface area is 188 Å². The maximum atomic E-state index is 12.8. The van der Waals surface area contributed by atoms with Gasteiger partial charge in [0.25, 0.3) is 5.56 Å². The summed E-state index contributed by atoms with van der Waals surface area (Å²) in [6.07, 6.45) is 3.22. The lowest BCUT2D eigenvalue weighted by Crippen LogP contribution is -2.34. The van der Waals surface area contributed by atoms with Crippen molar-refractivity contribution in [2.75, 3.05) is 13.2 Å². The summed E-state index contributed by atoms with van der Waals surface area (Å²) in [6.45, 7) is 9.00. The van der Waals surface area contributed by atoms with Crippen LogP contribution in [0.25, 0.3) is 10.9 Å². The van der Waals surface area contributed by atoms with Crippen LogP contribution in [-0.4, -0.2) is 28.7 Å². The normalized spacial score (nSPS) is 11.9. The van der Waals surface area contributed by atoms with Crippen molar-refractivity contribution < 1.29 is 14.3 Å². The summed E-state index contributed by atoms with van der Waals surface area (Å²) in [5.74, 6) is 1.10. The van der Waals surface area contributed by atoms with Crippen molar-refractivity contribution in [2.24, 2.45) is 0 Å². The first-order valence-corrected chi connectivity index (χ1v) is 11.1. The topological polar surface area (TPSA) is 82.5 Å². The average molecular weight is 438 g/mol. The van der Waals surface area contributed by atoms with Crippen molar-refractivity contribution in [3.05, 3.63) is 64.2 Å². The number of hydrogen-bond acceptors (Lipinski definition) is 5. The molecule has 0 spiro atoms. The minimum Gasteiger partial charge on any atom is -0.490 e. The maximum absolute atomic E-state index is 12.8. The van der Waals surface area contributed by atoms with E-state index in [0.717, 1.165) is 24.0 Å². The number of nitrogens with one attached hydrogen (secondary N) is 1. The van der Waals surface area contributed by atoms with E-state index in [1.807, 2.05) is 51.1 Å². The van der Waals surface area contributed by atoms with E-state index in [-0.39, 0.29) is 24.1 Å². The van der Waals surface area contributed by atoms with Gasteiger partial charge in [0, 0.05) is 0 Å². The van der Waals surface area contributed by atoms with Gasteiger partial charge in [-0.25, -0.2) is 4.98 Å². The number of benzene rings is 2. The molecule has 1 unspecified atom stereocenters. The molecule has 32 heavy (non-hydrogen) atoms. The second-order valence-corrected chi connectivity index (χ2v) is 7.84. The van der Waals surface area contributed by atoms with E-state index < -0.39 is 0 Å². The van der Waals surface area contributed by atoms with Gasteiger partial charge in [-0.3, -0.25) is 14.2 Å². The van der Waals surface area contributed by atoms with Gasteiger partial charge in [0.15, 0.2) is 11.5 Å². The zero-order valence-corrected chi connectivity index (χ0v) is 19.2. The van der Waals surface area contributed by atoms with Gasteiger partial charge in [-0.1, -0.05) is 32.0 Å². The van der Waals surface area contributed by atoms with Crippen LogP contribution in [0.1, 0.15) is 50.8 Å². The molecule has 3 aromatic rings. The molecule has 1 heterocycles. The summed E-state index contributed by atoms with van der Waals surface area (Å²) < 4.78 is 13.0.